The van der Waals surface area contributed by atoms with Crippen LogP contribution in [0.4, 0.5) is 0 Å². The number of hydrogen-bond donors (Lipinski definition) is 2. The maximum absolute atomic E-state index is 13.0. The lowest BCUT2D eigenvalue weighted by Crippen LogP contribution is -2.58. The Balaban J connectivity index is 1.75. The third-order valence-electron chi connectivity index (χ3n) is 8.13. The van der Waals surface area contributed by atoms with Crippen LogP contribution >= 0.6 is 0 Å². The molecule has 0 aromatic carbocycles. The van der Waals surface area contributed by atoms with E-state index in [4.69, 9.17) is 0 Å². The van der Waals surface area contributed by atoms with Crippen LogP contribution in [0.5, 0.6) is 0 Å². The van der Waals surface area contributed by atoms with Crippen LogP contribution in [-0.4, -0.2) is 57.0 Å². The van der Waals surface area contributed by atoms with E-state index in [1.165, 1.54) is 18.7 Å². The number of fused-ring (bicyclic) bond motifs is 1. The first-order valence-corrected chi connectivity index (χ1v) is 11.8. The van der Waals surface area contributed by atoms with Crippen LogP contribution in [0.2, 0.25) is 0 Å². The molecular weight excluding hydrogens is 392 g/mol. The van der Waals surface area contributed by atoms with Crippen molar-refractivity contribution in [3.8, 4) is 0 Å². The van der Waals surface area contributed by atoms with Gasteiger partial charge in [0.1, 0.15) is 6.33 Å². The molecule has 0 radical (unpaired) electrons. The predicted octanol–water partition coefficient (Wildman–Crippen LogP) is 2.90. The van der Waals surface area contributed by atoms with E-state index in [0.717, 1.165) is 25.7 Å². The molecule has 3 rings (SSSR count). The highest BCUT2D eigenvalue weighted by Crippen LogP contribution is 2.55. The first kappa shape index (κ1) is 23.6. The maximum atomic E-state index is 13.0. The average molecular weight is 431 g/mol. The lowest BCUT2D eigenvalue weighted by atomic mass is 9.51. The molecule has 2 N–H and O–H groups in total. The van der Waals surface area contributed by atoms with Crippen molar-refractivity contribution in [1.82, 2.24) is 20.2 Å². The highest BCUT2D eigenvalue weighted by molar-refractivity contribution is 5.93. The third kappa shape index (κ3) is 4.61. The molecule has 7 nitrogen and oxygen atoms in total. The van der Waals surface area contributed by atoms with E-state index in [1.807, 2.05) is 25.7 Å². The number of amides is 2. The Labute approximate surface area is 186 Å². The zero-order valence-electron chi connectivity index (χ0n) is 19.5. The van der Waals surface area contributed by atoms with Crippen LogP contribution < -0.4 is 5.32 Å². The van der Waals surface area contributed by atoms with Crippen molar-refractivity contribution in [3.05, 3.63) is 24.3 Å². The molecule has 172 valence electrons. The van der Waals surface area contributed by atoms with Gasteiger partial charge in [-0.05, 0) is 62.7 Å². The number of rotatable bonds is 6. The van der Waals surface area contributed by atoms with E-state index >= 15 is 0 Å². The Morgan fingerprint density at radius 2 is 1.84 bits per heavy atom. The van der Waals surface area contributed by atoms with Gasteiger partial charge in [-0.1, -0.05) is 20.8 Å². The van der Waals surface area contributed by atoms with Crippen molar-refractivity contribution >= 4 is 11.8 Å². The quantitative estimate of drug-likeness (QED) is 0.724. The minimum absolute atomic E-state index is 0.0204. The van der Waals surface area contributed by atoms with Crippen LogP contribution in [0.1, 0.15) is 70.7 Å². The first-order valence-electron chi connectivity index (χ1n) is 11.8. The highest BCUT2D eigenvalue weighted by Gasteiger charge is 2.54. The number of hydrogen-bond acceptors (Lipinski definition) is 5. The second kappa shape index (κ2) is 9.63. The number of aliphatic hydroxyl groups excluding tert-OH is 1. The SMILES string of the molecule is CCN(CC)C(=O)[C@@H](C)[C@H]1CC[C@]2(C)CC[C@H](NC(=O)c3cncnc3)[C@@H](C)[C@@H]2[C@H]1O. The Bertz CT molecular complexity index is 769. The van der Waals surface area contributed by atoms with Gasteiger partial charge in [0.05, 0.1) is 11.7 Å². The van der Waals surface area contributed by atoms with Crippen LogP contribution in [0, 0.1) is 29.1 Å². The van der Waals surface area contributed by atoms with Gasteiger partial charge in [0.25, 0.3) is 5.91 Å². The van der Waals surface area contributed by atoms with Gasteiger partial charge >= 0.3 is 0 Å². The molecule has 2 saturated carbocycles. The predicted molar refractivity (Wildman–Crippen MR) is 119 cm³/mol. The van der Waals surface area contributed by atoms with Crippen LogP contribution in [-0.2, 0) is 4.79 Å². The normalized spacial score (nSPS) is 33.8. The van der Waals surface area contributed by atoms with Crippen molar-refractivity contribution in [1.29, 1.82) is 0 Å². The molecule has 1 heterocycles. The zero-order valence-corrected chi connectivity index (χ0v) is 19.5. The minimum Gasteiger partial charge on any atom is -0.392 e. The van der Waals surface area contributed by atoms with E-state index in [1.54, 1.807) is 0 Å². The Hall–Kier alpha value is -2.02. The minimum atomic E-state index is -0.553. The summed E-state index contributed by atoms with van der Waals surface area (Å²) >= 11 is 0. The summed E-state index contributed by atoms with van der Waals surface area (Å²) in [4.78, 5) is 35.4. The molecule has 0 saturated heterocycles. The molecule has 7 atom stereocenters. The van der Waals surface area contributed by atoms with Crippen molar-refractivity contribution in [2.45, 2.75) is 72.4 Å². The van der Waals surface area contributed by atoms with Crippen LogP contribution in [0.25, 0.3) is 0 Å². The number of nitrogens with zero attached hydrogens (tertiary/aromatic N) is 3. The molecule has 0 bridgehead atoms. The topological polar surface area (TPSA) is 95.4 Å². The smallest absolute Gasteiger partial charge is 0.254 e. The summed E-state index contributed by atoms with van der Waals surface area (Å²) in [6.45, 7) is 11.8. The summed E-state index contributed by atoms with van der Waals surface area (Å²) in [7, 11) is 0. The molecule has 31 heavy (non-hydrogen) atoms. The fraction of sp³-hybridized carbons (Fsp3) is 0.750. The second-order valence-electron chi connectivity index (χ2n) is 9.78. The summed E-state index contributed by atoms with van der Waals surface area (Å²) in [5.74, 6) is -0.137. The monoisotopic (exact) mass is 430 g/mol. The van der Waals surface area contributed by atoms with Gasteiger partial charge < -0.3 is 15.3 Å². The Morgan fingerprint density at radius 1 is 1.23 bits per heavy atom. The van der Waals surface area contributed by atoms with Gasteiger partial charge in [-0.25, -0.2) is 9.97 Å². The molecule has 0 unspecified atom stereocenters. The Kier molecular flexibility index (Phi) is 7.35. The van der Waals surface area contributed by atoms with Crippen molar-refractivity contribution < 1.29 is 14.7 Å². The summed E-state index contributed by atoms with van der Waals surface area (Å²) in [6.07, 6.45) is 7.62. The zero-order chi connectivity index (χ0) is 22.8. The summed E-state index contributed by atoms with van der Waals surface area (Å²) < 4.78 is 0. The Morgan fingerprint density at radius 3 is 2.45 bits per heavy atom. The third-order valence-corrected chi connectivity index (χ3v) is 8.13. The van der Waals surface area contributed by atoms with Gasteiger partial charge in [-0.3, -0.25) is 9.59 Å². The molecule has 2 fully saturated rings. The van der Waals surface area contributed by atoms with E-state index in [0.29, 0.717) is 18.7 Å². The van der Waals surface area contributed by atoms with E-state index in [2.05, 4.69) is 29.1 Å². The maximum Gasteiger partial charge on any atom is 0.254 e. The van der Waals surface area contributed by atoms with Gasteiger partial charge in [0.15, 0.2) is 0 Å². The molecule has 7 heteroatoms. The fourth-order valence-corrected chi connectivity index (χ4v) is 6.17. The number of carbonyl (C=O) groups is 2. The van der Waals surface area contributed by atoms with Crippen molar-refractivity contribution in [2.24, 2.45) is 29.1 Å². The number of aromatic nitrogens is 2. The molecule has 1 aromatic heterocycles. The van der Waals surface area contributed by atoms with Gasteiger partial charge in [-0.2, -0.15) is 0 Å². The van der Waals surface area contributed by atoms with Crippen molar-refractivity contribution in [2.75, 3.05) is 13.1 Å². The molecule has 0 aliphatic heterocycles. The molecule has 0 spiro atoms. The molecule has 2 aliphatic rings. The average Bonchev–Trinajstić information content (AvgIpc) is 2.76. The van der Waals surface area contributed by atoms with Crippen LogP contribution in [0.3, 0.4) is 0 Å². The second-order valence-corrected chi connectivity index (χ2v) is 9.78. The van der Waals surface area contributed by atoms with E-state index < -0.39 is 6.10 Å². The number of nitrogens with one attached hydrogen (secondary N) is 1. The van der Waals surface area contributed by atoms with E-state index in [-0.39, 0.29) is 46.9 Å². The van der Waals surface area contributed by atoms with Gasteiger partial charge in [-0.15, -0.1) is 0 Å². The molecular formula is C24H38N4O3. The van der Waals surface area contributed by atoms with Crippen LogP contribution in [0.15, 0.2) is 18.7 Å². The van der Waals surface area contributed by atoms with Crippen molar-refractivity contribution in [3.63, 3.8) is 0 Å². The lowest BCUT2D eigenvalue weighted by molar-refractivity contribution is -0.149. The largest absolute Gasteiger partial charge is 0.392 e. The summed E-state index contributed by atoms with van der Waals surface area (Å²) in [6, 6.07) is -0.0204. The molecule has 1 aromatic rings. The first-order chi connectivity index (χ1) is 14.7. The lowest BCUT2D eigenvalue weighted by Gasteiger charge is -2.56. The standard InChI is InChI=1S/C24H38N4O3/c1-6-28(7-2)23(31)15(3)18-8-10-24(5)11-9-19(16(4)20(24)21(18)29)27-22(30)17-12-25-14-26-13-17/h12-16,18-21,29H,6-11H2,1-5H3,(H,27,30)/t15-,16+,18+,19-,20+,21-,24+/m0/s1. The summed E-state index contributed by atoms with van der Waals surface area (Å²) in [5.41, 5.74) is 0.480. The molecule has 2 amide bonds. The summed E-state index contributed by atoms with van der Waals surface area (Å²) in [5, 5.41) is 14.7. The van der Waals surface area contributed by atoms with Gasteiger partial charge in [0, 0.05) is 37.4 Å². The number of carbonyl (C=O) groups excluding carboxylic acids is 2. The fourth-order valence-electron chi connectivity index (χ4n) is 6.17. The molecule has 2 aliphatic carbocycles. The van der Waals surface area contributed by atoms with Gasteiger partial charge in [0.2, 0.25) is 5.91 Å². The van der Waals surface area contributed by atoms with E-state index in [9.17, 15) is 14.7 Å². The number of aliphatic hydroxyl groups is 1. The highest BCUT2D eigenvalue weighted by atomic mass is 16.3.